The van der Waals surface area contributed by atoms with Crippen molar-refractivity contribution in [3.05, 3.63) is 27.7 Å². The Bertz CT molecular complexity index is 520. The molecule has 5 nitrogen and oxygen atoms in total. The molecule has 0 saturated heterocycles. The lowest BCUT2D eigenvalue weighted by Crippen LogP contribution is -2.37. The zero-order valence-corrected chi connectivity index (χ0v) is 14.9. The first-order valence-electron chi connectivity index (χ1n) is 6.99. The molecule has 0 aliphatic rings. The van der Waals surface area contributed by atoms with Crippen molar-refractivity contribution in [3.63, 3.8) is 0 Å². The van der Waals surface area contributed by atoms with Gasteiger partial charge in [0.2, 0.25) is 0 Å². The molecule has 0 saturated carbocycles. The van der Waals surface area contributed by atoms with Gasteiger partial charge in [-0.05, 0) is 31.0 Å². The Morgan fingerprint density at radius 2 is 1.95 bits per heavy atom. The number of rotatable bonds is 8. The Kier molecular flexibility index (Phi) is 8.27. The number of benzene rings is 1. The van der Waals surface area contributed by atoms with Crippen LogP contribution in [0.5, 0.6) is 5.75 Å². The van der Waals surface area contributed by atoms with Gasteiger partial charge in [-0.25, -0.2) is 4.79 Å². The summed E-state index contributed by atoms with van der Waals surface area (Å²) in [6.07, 6.45) is 1.67. The molecule has 0 bridgehead atoms. The third-order valence-corrected chi connectivity index (χ3v) is 3.74. The highest BCUT2D eigenvalue weighted by atomic mass is 79.9. The summed E-state index contributed by atoms with van der Waals surface area (Å²) in [6.45, 7) is 3.35. The van der Waals surface area contributed by atoms with Crippen molar-refractivity contribution >= 4 is 39.4 Å². The maximum atomic E-state index is 11.6. The second-order valence-corrected chi connectivity index (χ2v) is 5.93. The first-order chi connectivity index (χ1) is 10.5. The summed E-state index contributed by atoms with van der Waals surface area (Å²) in [7, 11) is 0. The molecular formula is C15H19BrClNO4. The average molecular weight is 393 g/mol. The minimum absolute atomic E-state index is 0.101. The molecular weight excluding hydrogens is 374 g/mol. The van der Waals surface area contributed by atoms with E-state index in [1.54, 1.807) is 18.2 Å². The summed E-state index contributed by atoms with van der Waals surface area (Å²) in [5.74, 6) is -0.564. The fraction of sp³-hybridized carbons (Fsp3) is 0.467. The van der Waals surface area contributed by atoms with E-state index in [0.717, 1.165) is 17.3 Å². The highest BCUT2D eigenvalue weighted by Crippen LogP contribution is 2.27. The van der Waals surface area contributed by atoms with Gasteiger partial charge in [-0.3, -0.25) is 4.79 Å². The highest BCUT2D eigenvalue weighted by Gasteiger charge is 2.12. The lowest BCUT2D eigenvalue weighted by molar-refractivity contribution is -0.150. The van der Waals surface area contributed by atoms with Crippen LogP contribution in [0.1, 0.15) is 26.7 Å². The van der Waals surface area contributed by atoms with E-state index in [1.807, 2.05) is 13.8 Å². The van der Waals surface area contributed by atoms with Crippen LogP contribution >= 0.6 is 27.5 Å². The fourth-order valence-electron chi connectivity index (χ4n) is 1.68. The number of halogens is 2. The molecule has 0 spiro atoms. The monoisotopic (exact) mass is 391 g/mol. The van der Waals surface area contributed by atoms with Crippen molar-refractivity contribution < 1.29 is 19.1 Å². The van der Waals surface area contributed by atoms with Gasteiger partial charge in [0.05, 0.1) is 5.02 Å². The number of carbonyl (C=O) groups is 2. The lowest BCUT2D eigenvalue weighted by atomic mass is 10.2. The molecule has 0 radical (unpaired) electrons. The van der Waals surface area contributed by atoms with Gasteiger partial charge in [0.25, 0.3) is 5.91 Å². The van der Waals surface area contributed by atoms with Crippen LogP contribution in [0.2, 0.25) is 5.02 Å². The Morgan fingerprint density at radius 1 is 1.27 bits per heavy atom. The van der Waals surface area contributed by atoms with Crippen LogP contribution < -0.4 is 10.1 Å². The normalized spacial score (nSPS) is 10.4. The minimum atomic E-state index is -0.626. The zero-order chi connectivity index (χ0) is 16.5. The third kappa shape index (κ3) is 6.66. The quantitative estimate of drug-likeness (QED) is 0.689. The third-order valence-electron chi connectivity index (χ3n) is 2.95. The van der Waals surface area contributed by atoms with Gasteiger partial charge in [-0.2, -0.15) is 0 Å². The molecule has 0 heterocycles. The molecule has 0 unspecified atom stereocenters. The first kappa shape index (κ1) is 18.8. The van der Waals surface area contributed by atoms with Gasteiger partial charge < -0.3 is 14.8 Å². The summed E-state index contributed by atoms with van der Waals surface area (Å²) in [5.41, 5.74) is 0. The van der Waals surface area contributed by atoms with Crippen LogP contribution in [0, 0.1) is 0 Å². The Hall–Kier alpha value is -1.27. The number of hydrogen-bond acceptors (Lipinski definition) is 4. The average Bonchev–Trinajstić information content (AvgIpc) is 2.49. The fourth-order valence-corrected chi connectivity index (χ4v) is 2.41. The SMILES string of the molecule is CCC(CC)NC(=O)COC(=O)COc1ccc(Br)cc1Cl. The van der Waals surface area contributed by atoms with Crippen molar-refractivity contribution in [2.75, 3.05) is 13.2 Å². The minimum Gasteiger partial charge on any atom is -0.480 e. The van der Waals surface area contributed by atoms with E-state index in [1.165, 1.54) is 0 Å². The second-order valence-electron chi connectivity index (χ2n) is 4.61. The predicted octanol–water partition coefficient (Wildman–Crippen LogP) is 3.33. The number of amides is 1. The van der Waals surface area contributed by atoms with Crippen LogP contribution in [0.3, 0.4) is 0 Å². The van der Waals surface area contributed by atoms with E-state index in [2.05, 4.69) is 21.2 Å². The van der Waals surface area contributed by atoms with E-state index in [-0.39, 0.29) is 25.2 Å². The molecule has 7 heteroatoms. The standard InChI is InChI=1S/C15H19BrClNO4/c1-3-11(4-2)18-14(19)8-22-15(20)9-21-13-6-5-10(16)7-12(13)17/h5-7,11H,3-4,8-9H2,1-2H3,(H,18,19). The maximum absolute atomic E-state index is 11.6. The molecule has 122 valence electrons. The van der Waals surface area contributed by atoms with Crippen molar-refractivity contribution in [2.24, 2.45) is 0 Å². The molecule has 1 N–H and O–H groups in total. The Morgan fingerprint density at radius 3 is 2.55 bits per heavy atom. The van der Waals surface area contributed by atoms with Crippen molar-refractivity contribution in [3.8, 4) is 5.75 Å². The summed E-state index contributed by atoms with van der Waals surface area (Å²) in [4.78, 5) is 23.1. The Balaban J connectivity index is 2.33. The zero-order valence-electron chi connectivity index (χ0n) is 12.5. The van der Waals surface area contributed by atoms with Gasteiger partial charge in [0, 0.05) is 10.5 Å². The van der Waals surface area contributed by atoms with Crippen LogP contribution in [-0.2, 0) is 14.3 Å². The van der Waals surface area contributed by atoms with Crippen molar-refractivity contribution in [2.45, 2.75) is 32.7 Å². The first-order valence-corrected chi connectivity index (χ1v) is 8.16. The topological polar surface area (TPSA) is 64.6 Å². The second kappa shape index (κ2) is 9.69. The summed E-state index contributed by atoms with van der Waals surface area (Å²) < 4.78 is 10.9. The molecule has 0 aromatic heterocycles. The van der Waals surface area contributed by atoms with E-state index in [4.69, 9.17) is 21.1 Å². The number of hydrogen-bond donors (Lipinski definition) is 1. The van der Waals surface area contributed by atoms with Crippen molar-refractivity contribution in [1.82, 2.24) is 5.32 Å². The molecule has 0 fully saturated rings. The number of carbonyl (C=O) groups excluding carboxylic acids is 2. The van der Waals surface area contributed by atoms with Gasteiger partial charge in [-0.1, -0.05) is 41.4 Å². The number of ether oxygens (including phenoxy) is 2. The van der Waals surface area contributed by atoms with Crippen LogP contribution in [0.15, 0.2) is 22.7 Å². The molecule has 0 atom stereocenters. The van der Waals surface area contributed by atoms with Crippen LogP contribution in [0.25, 0.3) is 0 Å². The van der Waals surface area contributed by atoms with Gasteiger partial charge in [0.15, 0.2) is 13.2 Å². The predicted molar refractivity (Wildman–Crippen MR) is 88.1 cm³/mol. The maximum Gasteiger partial charge on any atom is 0.344 e. The van der Waals surface area contributed by atoms with Crippen molar-refractivity contribution in [1.29, 1.82) is 0 Å². The van der Waals surface area contributed by atoms with Gasteiger partial charge in [0.1, 0.15) is 5.75 Å². The number of nitrogens with one attached hydrogen (secondary N) is 1. The highest BCUT2D eigenvalue weighted by molar-refractivity contribution is 9.10. The lowest BCUT2D eigenvalue weighted by Gasteiger charge is -2.14. The Labute approximate surface area is 143 Å². The van der Waals surface area contributed by atoms with E-state index >= 15 is 0 Å². The molecule has 1 amide bonds. The largest absolute Gasteiger partial charge is 0.480 e. The molecule has 22 heavy (non-hydrogen) atoms. The van der Waals surface area contributed by atoms with Gasteiger partial charge in [-0.15, -0.1) is 0 Å². The summed E-state index contributed by atoms with van der Waals surface area (Å²) in [6, 6.07) is 5.14. The molecule has 0 aliphatic carbocycles. The molecule has 1 rings (SSSR count). The van der Waals surface area contributed by atoms with Crippen LogP contribution in [-0.4, -0.2) is 31.1 Å². The van der Waals surface area contributed by atoms with Gasteiger partial charge >= 0.3 is 5.97 Å². The molecule has 1 aromatic rings. The van der Waals surface area contributed by atoms with Crippen LogP contribution in [0.4, 0.5) is 0 Å². The number of esters is 1. The van der Waals surface area contributed by atoms with E-state index in [9.17, 15) is 9.59 Å². The molecule has 1 aromatic carbocycles. The molecule has 0 aliphatic heterocycles. The summed E-state index contributed by atoms with van der Waals surface area (Å²) >= 11 is 9.23. The summed E-state index contributed by atoms with van der Waals surface area (Å²) in [5, 5.41) is 3.16. The van der Waals surface area contributed by atoms with E-state index in [0.29, 0.717) is 10.8 Å². The van der Waals surface area contributed by atoms with E-state index < -0.39 is 5.97 Å². The smallest absolute Gasteiger partial charge is 0.344 e.